The Labute approximate surface area is 130 Å². The standard InChI is InChI=1S/C15H13Br2Cl/c16-10-13(12-4-2-6-15(18)9-12)7-11-3-1-5-14(17)8-11/h1-6,8-9,13H,7,10H2. The van der Waals surface area contributed by atoms with Crippen molar-refractivity contribution in [2.45, 2.75) is 12.3 Å². The number of alkyl halides is 1. The minimum atomic E-state index is 0.443. The molecule has 1 unspecified atom stereocenters. The van der Waals surface area contributed by atoms with Gasteiger partial charge in [0.25, 0.3) is 0 Å². The van der Waals surface area contributed by atoms with Gasteiger partial charge < -0.3 is 0 Å². The molecular weight excluding hydrogens is 375 g/mol. The lowest BCUT2D eigenvalue weighted by Gasteiger charge is -2.15. The lowest BCUT2D eigenvalue weighted by Crippen LogP contribution is -2.04. The maximum atomic E-state index is 6.05. The van der Waals surface area contributed by atoms with Gasteiger partial charge in [0, 0.05) is 14.8 Å². The summed E-state index contributed by atoms with van der Waals surface area (Å²) in [6.45, 7) is 0. The van der Waals surface area contributed by atoms with Gasteiger partial charge in [-0.05, 0) is 47.7 Å². The minimum absolute atomic E-state index is 0.443. The number of benzene rings is 2. The smallest absolute Gasteiger partial charge is 0.0408 e. The van der Waals surface area contributed by atoms with Gasteiger partial charge in [-0.15, -0.1) is 0 Å². The van der Waals surface area contributed by atoms with Crippen LogP contribution < -0.4 is 0 Å². The highest BCUT2D eigenvalue weighted by Gasteiger charge is 2.11. The number of rotatable bonds is 4. The summed E-state index contributed by atoms with van der Waals surface area (Å²) in [5.41, 5.74) is 2.60. The van der Waals surface area contributed by atoms with Gasteiger partial charge in [-0.1, -0.05) is 67.7 Å². The number of hydrogen-bond acceptors (Lipinski definition) is 0. The summed E-state index contributed by atoms with van der Waals surface area (Å²) in [4.78, 5) is 0. The molecule has 0 nitrogen and oxygen atoms in total. The van der Waals surface area contributed by atoms with E-state index in [1.165, 1.54) is 11.1 Å². The summed E-state index contributed by atoms with van der Waals surface area (Å²) in [5.74, 6) is 0.443. The molecule has 0 aromatic heterocycles. The van der Waals surface area contributed by atoms with Crippen LogP contribution in [0.3, 0.4) is 0 Å². The summed E-state index contributed by atoms with van der Waals surface area (Å²) in [7, 11) is 0. The molecule has 0 amide bonds. The molecule has 1 atom stereocenters. The van der Waals surface area contributed by atoms with Crippen LogP contribution in [0.4, 0.5) is 0 Å². The van der Waals surface area contributed by atoms with Crippen molar-refractivity contribution in [2.75, 3.05) is 5.33 Å². The van der Waals surface area contributed by atoms with Crippen molar-refractivity contribution in [1.29, 1.82) is 0 Å². The van der Waals surface area contributed by atoms with Crippen LogP contribution in [0.1, 0.15) is 17.0 Å². The van der Waals surface area contributed by atoms with Gasteiger partial charge in [-0.25, -0.2) is 0 Å². The second-order valence-corrected chi connectivity index (χ2v) is 6.24. The molecule has 0 radical (unpaired) electrons. The highest BCUT2D eigenvalue weighted by Crippen LogP contribution is 2.26. The third-order valence-corrected chi connectivity index (χ3v) is 4.39. The van der Waals surface area contributed by atoms with Crippen LogP contribution in [0.2, 0.25) is 5.02 Å². The van der Waals surface area contributed by atoms with Gasteiger partial charge >= 0.3 is 0 Å². The van der Waals surface area contributed by atoms with E-state index in [4.69, 9.17) is 11.6 Å². The van der Waals surface area contributed by atoms with E-state index in [9.17, 15) is 0 Å². The van der Waals surface area contributed by atoms with Crippen LogP contribution >= 0.6 is 43.5 Å². The van der Waals surface area contributed by atoms with Crippen LogP contribution in [-0.4, -0.2) is 5.33 Å². The Kier molecular flexibility index (Phi) is 5.28. The van der Waals surface area contributed by atoms with Gasteiger partial charge in [0.2, 0.25) is 0 Å². The molecule has 0 heterocycles. The fraction of sp³-hybridized carbons (Fsp3) is 0.200. The molecule has 0 saturated heterocycles. The molecule has 0 bridgehead atoms. The summed E-state index contributed by atoms with van der Waals surface area (Å²) < 4.78 is 1.12. The van der Waals surface area contributed by atoms with Gasteiger partial charge in [0.05, 0.1) is 0 Å². The monoisotopic (exact) mass is 386 g/mol. The molecule has 0 aliphatic carbocycles. The van der Waals surface area contributed by atoms with Gasteiger partial charge in [0.15, 0.2) is 0 Å². The molecule has 2 rings (SSSR count). The Bertz CT molecular complexity index is 525. The molecule has 18 heavy (non-hydrogen) atoms. The summed E-state index contributed by atoms with van der Waals surface area (Å²) in [6.07, 6.45) is 1.00. The first-order valence-electron chi connectivity index (χ1n) is 5.75. The Morgan fingerprint density at radius 2 is 1.83 bits per heavy atom. The number of hydrogen-bond donors (Lipinski definition) is 0. The van der Waals surface area contributed by atoms with Crippen molar-refractivity contribution in [3.8, 4) is 0 Å². The molecule has 2 aromatic carbocycles. The van der Waals surface area contributed by atoms with Crippen molar-refractivity contribution >= 4 is 43.5 Å². The van der Waals surface area contributed by atoms with Crippen LogP contribution in [0.15, 0.2) is 53.0 Å². The fourth-order valence-electron chi connectivity index (χ4n) is 1.97. The molecular formula is C15H13Br2Cl. The Morgan fingerprint density at radius 3 is 2.50 bits per heavy atom. The lowest BCUT2D eigenvalue weighted by molar-refractivity contribution is 0.775. The Hall–Kier alpha value is -0.310. The molecule has 3 heteroatoms. The predicted octanol–water partition coefficient (Wildman–Crippen LogP) is 5.82. The average Bonchev–Trinajstić information content (AvgIpc) is 2.36. The summed E-state index contributed by atoms with van der Waals surface area (Å²) in [6, 6.07) is 16.5. The van der Waals surface area contributed by atoms with E-state index in [0.29, 0.717) is 5.92 Å². The van der Waals surface area contributed by atoms with Gasteiger partial charge in [0.1, 0.15) is 0 Å². The van der Waals surface area contributed by atoms with E-state index in [-0.39, 0.29) is 0 Å². The van der Waals surface area contributed by atoms with Crippen LogP contribution in [0.25, 0.3) is 0 Å². The molecule has 94 valence electrons. The van der Waals surface area contributed by atoms with E-state index in [2.05, 4.69) is 56.1 Å². The molecule has 0 aliphatic heterocycles. The first-order valence-corrected chi connectivity index (χ1v) is 8.04. The minimum Gasteiger partial charge on any atom is -0.0921 e. The Balaban J connectivity index is 2.19. The van der Waals surface area contributed by atoms with E-state index < -0.39 is 0 Å². The SMILES string of the molecule is Clc1cccc(C(CBr)Cc2cccc(Br)c2)c1. The van der Waals surface area contributed by atoms with Gasteiger partial charge in [-0.3, -0.25) is 0 Å². The second-order valence-electron chi connectivity index (χ2n) is 4.24. The molecule has 0 aliphatic rings. The van der Waals surface area contributed by atoms with E-state index >= 15 is 0 Å². The third-order valence-electron chi connectivity index (χ3n) is 2.88. The average molecular weight is 389 g/mol. The predicted molar refractivity (Wildman–Crippen MR) is 85.8 cm³/mol. The third kappa shape index (κ3) is 3.84. The molecule has 0 N–H and O–H groups in total. The van der Waals surface area contributed by atoms with Crippen LogP contribution in [0.5, 0.6) is 0 Å². The van der Waals surface area contributed by atoms with Crippen LogP contribution in [0, 0.1) is 0 Å². The van der Waals surface area contributed by atoms with Crippen molar-refractivity contribution in [3.63, 3.8) is 0 Å². The van der Waals surface area contributed by atoms with Crippen molar-refractivity contribution in [3.05, 3.63) is 69.2 Å². The molecule has 0 spiro atoms. The second kappa shape index (κ2) is 6.74. The highest BCUT2D eigenvalue weighted by molar-refractivity contribution is 9.10. The zero-order valence-electron chi connectivity index (χ0n) is 9.74. The summed E-state index contributed by atoms with van der Waals surface area (Å²) >= 11 is 13.2. The lowest BCUT2D eigenvalue weighted by atomic mass is 9.94. The first kappa shape index (κ1) is 14.1. The van der Waals surface area contributed by atoms with E-state index in [1.807, 2.05) is 24.3 Å². The van der Waals surface area contributed by atoms with Gasteiger partial charge in [-0.2, -0.15) is 0 Å². The highest BCUT2D eigenvalue weighted by atomic mass is 79.9. The molecule has 2 aromatic rings. The maximum Gasteiger partial charge on any atom is 0.0408 e. The molecule has 0 fully saturated rings. The van der Waals surface area contributed by atoms with E-state index in [1.54, 1.807) is 0 Å². The topological polar surface area (TPSA) is 0 Å². The largest absolute Gasteiger partial charge is 0.0921 e. The van der Waals surface area contributed by atoms with Crippen molar-refractivity contribution in [2.24, 2.45) is 0 Å². The van der Waals surface area contributed by atoms with E-state index in [0.717, 1.165) is 21.2 Å². The number of halogens is 3. The normalized spacial score (nSPS) is 12.4. The quantitative estimate of drug-likeness (QED) is 0.579. The van der Waals surface area contributed by atoms with Crippen molar-refractivity contribution in [1.82, 2.24) is 0 Å². The fourth-order valence-corrected chi connectivity index (χ4v) is 3.22. The Morgan fingerprint density at radius 1 is 1.06 bits per heavy atom. The first-order chi connectivity index (χ1) is 8.69. The summed E-state index contributed by atoms with van der Waals surface area (Å²) in [5, 5.41) is 1.73. The zero-order chi connectivity index (χ0) is 13.0. The van der Waals surface area contributed by atoms with Crippen LogP contribution in [-0.2, 0) is 6.42 Å². The zero-order valence-corrected chi connectivity index (χ0v) is 13.7. The maximum absolute atomic E-state index is 6.05. The molecule has 0 saturated carbocycles. The van der Waals surface area contributed by atoms with Crippen molar-refractivity contribution < 1.29 is 0 Å².